The van der Waals surface area contributed by atoms with Gasteiger partial charge in [-0.1, -0.05) is 30.3 Å². The zero-order valence-electron chi connectivity index (χ0n) is 11.7. The second-order valence-corrected chi connectivity index (χ2v) is 4.56. The zero-order chi connectivity index (χ0) is 14.9. The van der Waals surface area contributed by atoms with Crippen LogP contribution in [0.2, 0.25) is 0 Å². The van der Waals surface area contributed by atoms with Gasteiger partial charge in [0.15, 0.2) is 0 Å². The van der Waals surface area contributed by atoms with E-state index in [1.54, 1.807) is 6.07 Å². The van der Waals surface area contributed by atoms with Gasteiger partial charge in [0.05, 0.1) is 6.61 Å². The fourth-order valence-corrected chi connectivity index (χ4v) is 1.84. The second-order valence-electron chi connectivity index (χ2n) is 4.56. The van der Waals surface area contributed by atoms with E-state index < -0.39 is 0 Å². The van der Waals surface area contributed by atoms with Gasteiger partial charge in [-0.25, -0.2) is 0 Å². The van der Waals surface area contributed by atoms with Gasteiger partial charge in [-0.3, -0.25) is 9.59 Å². The molecule has 0 saturated carbocycles. The van der Waals surface area contributed by atoms with Crippen molar-refractivity contribution in [3.05, 3.63) is 70.1 Å². The Morgan fingerprint density at radius 1 is 1.14 bits per heavy atom. The number of hydrogen-bond donors (Lipinski definition) is 2. The van der Waals surface area contributed by atoms with E-state index in [1.807, 2.05) is 30.3 Å². The lowest BCUT2D eigenvalue weighted by Gasteiger charge is -2.06. The van der Waals surface area contributed by atoms with Gasteiger partial charge in [0.1, 0.15) is 5.56 Å². The summed E-state index contributed by atoms with van der Waals surface area (Å²) in [6.45, 7) is 1.59. The first-order valence-electron chi connectivity index (χ1n) is 6.85. The minimum atomic E-state index is -0.379. The van der Waals surface area contributed by atoms with Gasteiger partial charge in [-0.05, 0) is 24.1 Å². The molecule has 5 nitrogen and oxygen atoms in total. The van der Waals surface area contributed by atoms with Crippen LogP contribution >= 0.6 is 0 Å². The number of ether oxygens (including phenoxy) is 1. The number of pyridine rings is 1. The highest BCUT2D eigenvalue weighted by Crippen LogP contribution is 2.00. The molecule has 1 aromatic heterocycles. The van der Waals surface area contributed by atoms with Crippen LogP contribution in [-0.4, -0.2) is 24.0 Å². The molecule has 1 heterocycles. The van der Waals surface area contributed by atoms with Crippen LogP contribution in [0.3, 0.4) is 0 Å². The van der Waals surface area contributed by atoms with Gasteiger partial charge in [-0.2, -0.15) is 0 Å². The molecule has 1 aromatic carbocycles. The first-order chi connectivity index (χ1) is 10.3. The lowest BCUT2D eigenvalue weighted by atomic mass is 10.2. The van der Waals surface area contributed by atoms with Crippen molar-refractivity contribution in [2.45, 2.75) is 13.0 Å². The average molecular weight is 286 g/mol. The van der Waals surface area contributed by atoms with Crippen molar-refractivity contribution in [3.8, 4) is 0 Å². The van der Waals surface area contributed by atoms with Gasteiger partial charge in [0.2, 0.25) is 0 Å². The minimum absolute atomic E-state index is 0.128. The fraction of sp³-hybridized carbons (Fsp3) is 0.250. The SMILES string of the molecule is O=C(NCCCOCc1ccccc1)c1ccc[nH]c1=O. The number of H-pyrrole nitrogens is 1. The van der Waals surface area contributed by atoms with Crippen molar-refractivity contribution in [2.75, 3.05) is 13.2 Å². The molecule has 0 radical (unpaired) electrons. The second kappa shape index (κ2) is 8.01. The van der Waals surface area contributed by atoms with Crippen LogP contribution in [0.25, 0.3) is 0 Å². The third kappa shape index (κ3) is 4.89. The lowest BCUT2D eigenvalue weighted by Crippen LogP contribution is -2.30. The molecule has 0 saturated heterocycles. The first kappa shape index (κ1) is 15.0. The molecular weight excluding hydrogens is 268 g/mol. The summed E-state index contributed by atoms with van der Waals surface area (Å²) < 4.78 is 5.51. The quantitative estimate of drug-likeness (QED) is 0.761. The first-order valence-corrected chi connectivity index (χ1v) is 6.85. The van der Waals surface area contributed by atoms with Crippen molar-refractivity contribution in [1.29, 1.82) is 0 Å². The highest BCUT2D eigenvalue weighted by molar-refractivity contribution is 5.93. The topological polar surface area (TPSA) is 71.2 Å². The standard InChI is InChI=1S/C16H18N2O3/c19-15-14(8-4-9-17-15)16(20)18-10-5-11-21-12-13-6-2-1-3-7-13/h1-4,6-9H,5,10-12H2,(H,17,19)(H,18,20). The van der Waals surface area contributed by atoms with E-state index >= 15 is 0 Å². The molecule has 0 aliphatic carbocycles. The van der Waals surface area contributed by atoms with Crippen LogP contribution in [0.4, 0.5) is 0 Å². The average Bonchev–Trinajstić information content (AvgIpc) is 2.52. The maximum atomic E-state index is 11.7. The summed E-state index contributed by atoms with van der Waals surface area (Å²) in [4.78, 5) is 25.6. The molecule has 0 fully saturated rings. The summed E-state index contributed by atoms with van der Waals surface area (Å²) in [5.41, 5.74) is 0.871. The van der Waals surface area contributed by atoms with Crippen LogP contribution in [0, 0.1) is 0 Å². The molecule has 2 aromatic rings. The number of hydrogen-bond acceptors (Lipinski definition) is 3. The van der Waals surface area contributed by atoms with Crippen molar-refractivity contribution >= 4 is 5.91 Å². The van der Waals surface area contributed by atoms with Crippen molar-refractivity contribution in [3.63, 3.8) is 0 Å². The van der Waals surface area contributed by atoms with Crippen LogP contribution in [-0.2, 0) is 11.3 Å². The molecule has 5 heteroatoms. The van der Waals surface area contributed by atoms with Crippen molar-refractivity contribution in [2.24, 2.45) is 0 Å². The van der Waals surface area contributed by atoms with E-state index in [-0.39, 0.29) is 17.0 Å². The predicted octanol–water partition coefficient (Wildman–Crippen LogP) is 1.71. The van der Waals surface area contributed by atoms with Gasteiger partial charge in [0, 0.05) is 19.3 Å². The molecule has 0 spiro atoms. The minimum Gasteiger partial charge on any atom is -0.377 e. The van der Waals surface area contributed by atoms with Crippen LogP contribution in [0.1, 0.15) is 22.3 Å². The van der Waals surface area contributed by atoms with E-state index in [0.29, 0.717) is 26.2 Å². The molecule has 2 rings (SSSR count). The van der Waals surface area contributed by atoms with E-state index in [2.05, 4.69) is 10.3 Å². The molecule has 110 valence electrons. The Bertz CT molecular complexity index is 623. The normalized spacial score (nSPS) is 10.3. The van der Waals surface area contributed by atoms with Gasteiger partial charge >= 0.3 is 0 Å². The maximum absolute atomic E-state index is 11.7. The summed E-state index contributed by atoms with van der Waals surface area (Å²) in [6.07, 6.45) is 2.19. The van der Waals surface area contributed by atoms with Crippen LogP contribution < -0.4 is 10.9 Å². The Balaban J connectivity index is 1.63. The number of amides is 1. The Labute approximate surface area is 123 Å². The monoisotopic (exact) mass is 286 g/mol. The number of nitrogens with one attached hydrogen (secondary N) is 2. The largest absolute Gasteiger partial charge is 0.377 e. The fourth-order valence-electron chi connectivity index (χ4n) is 1.84. The molecule has 1 amide bonds. The molecule has 0 bridgehead atoms. The highest BCUT2D eigenvalue weighted by atomic mass is 16.5. The van der Waals surface area contributed by atoms with Crippen LogP contribution in [0.15, 0.2) is 53.5 Å². The summed E-state index contributed by atoms with van der Waals surface area (Å²) in [5.74, 6) is -0.361. The smallest absolute Gasteiger partial charge is 0.260 e. The molecule has 21 heavy (non-hydrogen) atoms. The van der Waals surface area contributed by atoms with E-state index in [4.69, 9.17) is 4.74 Å². The third-order valence-corrected chi connectivity index (χ3v) is 2.93. The summed E-state index contributed by atoms with van der Waals surface area (Å²) in [5, 5.41) is 2.70. The van der Waals surface area contributed by atoms with Gasteiger partial charge in [0.25, 0.3) is 11.5 Å². The highest BCUT2D eigenvalue weighted by Gasteiger charge is 2.07. The number of aromatic nitrogens is 1. The number of carbonyl (C=O) groups is 1. The molecule has 0 atom stereocenters. The maximum Gasteiger partial charge on any atom is 0.260 e. The third-order valence-electron chi connectivity index (χ3n) is 2.93. The van der Waals surface area contributed by atoms with E-state index in [1.165, 1.54) is 12.3 Å². The lowest BCUT2D eigenvalue weighted by molar-refractivity contribution is 0.0933. The van der Waals surface area contributed by atoms with Crippen LogP contribution in [0.5, 0.6) is 0 Å². The number of carbonyl (C=O) groups excluding carboxylic acids is 1. The molecule has 2 N–H and O–H groups in total. The Kier molecular flexibility index (Phi) is 5.72. The molecule has 0 aliphatic rings. The number of aromatic amines is 1. The summed E-state index contributed by atoms with van der Waals surface area (Å²) >= 11 is 0. The number of rotatable bonds is 7. The summed E-state index contributed by atoms with van der Waals surface area (Å²) in [7, 11) is 0. The van der Waals surface area contributed by atoms with Gasteiger partial charge < -0.3 is 15.0 Å². The summed E-state index contributed by atoms with van der Waals surface area (Å²) in [6, 6.07) is 13.0. The van der Waals surface area contributed by atoms with Crippen molar-refractivity contribution < 1.29 is 9.53 Å². The van der Waals surface area contributed by atoms with E-state index in [9.17, 15) is 9.59 Å². The Morgan fingerprint density at radius 2 is 1.95 bits per heavy atom. The molecular formula is C16H18N2O3. The Hall–Kier alpha value is -2.40. The van der Waals surface area contributed by atoms with Crippen molar-refractivity contribution in [1.82, 2.24) is 10.3 Å². The molecule has 0 aliphatic heterocycles. The molecule has 0 unspecified atom stereocenters. The Morgan fingerprint density at radius 3 is 2.71 bits per heavy atom. The zero-order valence-corrected chi connectivity index (χ0v) is 11.7. The predicted molar refractivity (Wildman–Crippen MR) is 80.1 cm³/mol. The van der Waals surface area contributed by atoms with E-state index in [0.717, 1.165) is 5.56 Å². The van der Waals surface area contributed by atoms with Gasteiger partial charge in [-0.15, -0.1) is 0 Å². The number of benzene rings is 1.